The summed E-state index contributed by atoms with van der Waals surface area (Å²) in [5, 5.41) is 3.46. The Labute approximate surface area is 184 Å². The van der Waals surface area contributed by atoms with E-state index in [1.54, 1.807) is 7.11 Å². The van der Waals surface area contributed by atoms with E-state index in [-0.39, 0.29) is 36.2 Å². The molecule has 0 saturated carbocycles. The molecule has 0 aliphatic carbocycles. The Hall–Kier alpha value is -1.26. The topological polar surface area (TPSA) is 64.6 Å². The Balaban J connectivity index is 0.00000280. The quantitative estimate of drug-likeness (QED) is 0.365. The van der Waals surface area contributed by atoms with Gasteiger partial charge in [0.05, 0.1) is 26.4 Å². The molecule has 3 rings (SSSR count). The second kappa shape index (κ2) is 11.7. The molecule has 2 aliphatic rings. The number of nitrogens with one attached hydrogen (secondary N) is 1. The highest BCUT2D eigenvalue weighted by Gasteiger charge is 2.32. The third kappa shape index (κ3) is 5.87. The van der Waals surface area contributed by atoms with Crippen molar-refractivity contribution in [1.29, 1.82) is 0 Å². The minimum atomic E-state index is 0. The lowest BCUT2D eigenvalue weighted by molar-refractivity contribution is -0.0817. The number of benzene rings is 1. The third-order valence-electron chi connectivity index (χ3n) is 4.96. The van der Waals surface area contributed by atoms with Gasteiger partial charge in [-0.2, -0.15) is 0 Å². The van der Waals surface area contributed by atoms with E-state index >= 15 is 0 Å². The van der Waals surface area contributed by atoms with Gasteiger partial charge in [-0.05, 0) is 37.5 Å². The van der Waals surface area contributed by atoms with Crippen molar-refractivity contribution in [3.05, 3.63) is 23.8 Å². The summed E-state index contributed by atoms with van der Waals surface area (Å²) >= 11 is 0. The average molecular weight is 505 g/mol. The summed E-state index contributed by atoms with van der Waals surface area (Å²) in [5.41, 5.74) is 1.12. The number of halogens is 1. The maximum Gasteiger partial charge on any atom is 0.194 e. The Morgan fingerprint density at radius 3 is 2.75 bits per heavy atom. The van der Waals surface area contributed by atoms with Crippen LogP contribution < -0.4 is 14.8 Å². The molecule has 1 N–H and O–H groups in total. The molecule has 1 aromatic rings. The fraction of sp³-hybridized carbons (Fsp3) is 0.650. The fourth-order valence-electron chi connectivity index (χ4n) is 3.60. The molecule has 7 nitrogen and oxygen atoms in total. The zero-order valence-electron chi connectivity index (χ0n) is 17.0. The summed E-state index contributed by atoms with van der Waals surface area (Å²) in [7, 11) is 3.47. The summed E-state index contributed by atoms with van der Waals surface area (Å²) in [6.07, 6.45) is 2.53. The van der Waals surface area contributed by atoms with Crippen LogP contribution in [0.4, 0.5) is 0 Å². The number of hydrogen-bond donors (Lipinski definition) is 1. The molecule has 2 saturated heterocycles. The van der Waals surface area contributed by atoms with Gasteiger partial charge in [-0.1, -0.05) is 6.07 Å². The Morgan fingerprint density at radius 2 is 2.07 bits per heavy atom. The van der Waals surface area contributed by atoms with Gasteiger partial charge in [0.15, 0.2) is 17.5 Å². The number of hydrogen-bond acceptors (Lipinski definition) is 5. The Kier molecular flexibility index (Phi) is 9.60. The second-order valence-corrected chi connectivity index (χ2v) is 6.73. The van der Waals surface area contributed by atoms with Gasteiger partial charge in [0.2, 0.25) is 0 Å². The molecule has 158 valence electrons. The average Bonchev–Trinajstić information content (AvgIpc) is 3.24. The minimum absolute atomic E-state index is 0. The normalized spacial score (nSPS) is 22.5. The van der Waals surface area contributed by atoms with Crippen LogP contribution in [0.2, 0.25) is 0 Å². The molecule has 0 spiro atoms. The number of guanidine groups is 1. The van der Waals surface area contributed by atoms with Gasteiger partial charge in [-0.3, -0.25) is 4.99 Å². The van der Waals surface area contributed by atoms with E-state index < -0.39 is 0 Å². The predicted octanol–water partition coefficient (Wildman–Crippen LogP) is 2.67. The Bertz CT molecular complexity index is 638. The first kappa shape index (κ1) is 23.0. The maximum absolute atomic E-state index is 5.94. The summed E-state index contributed by atoms with van der Waals surface area (Å²) in [5.74, 6) is 2.40. The molecule has 2 fully saturated rings. The fourth-order valence-corrected chi connectivity index (χ4v) is 3.60. The van der Waals surface area contributed by atoms with Crippen molar-refractivity contribution in [2.45, 2.75) is 38.5 Å². The molecule has 1 aromatic carbocycles. The minimum Gasteiger partial charge on any atom is -0.493 e. The third-order valence-corrected chi connectivity index (χ3v) is 4.96. The van der Waals surface area contributed by atoms with Crippen LogP contribution in [0, 0.1) is 0 Å². The maximum atomic E-state index is 5.94. The summed E-state index contributed by atoms with van der Waals surface area (Å²) in [6, 6.07) is 5.99. The van der Waals surface area contributed by atoms with Crippen LogP contribution in [-0.2, 0) is 16.0 Å². The SMILES string of the molecule is CCOc1cc(CNC(=NC)N2CCOC(C3CCCO3)C2)ccc1OC.I. The van der Waals surface area contributed by atoms with Gasteiger partial charge in [-0.25, -0.2) is 0 Å². The number of ether oxygens (including phenoxy) is 4. The number of aliphatic imine (C=N–C) groups is 1. The monoisotopic (exact) mass is 505 g/mol. The van der Waals surface area contributed by atoms with Gasteiger partial charge >= 0.3 is 0 Å². The molecule has 2 heterocycles. The van der Waals surface area contributed by atoms with Crippen molar-refractivity contribution in [2.24, 2.45) is 4.99 Å². The molecule has 0 aromatic heterocycles. The van der Waals surface area contributed by atoms with E-state index in [1.807, 2.05) is 32.2 Å². The van der Waals surface area contributed by atoms with Gasteiger partial charge < -0.3 is 29.2 Å². The molecule has 2 aliphatic heterocycles. The van der Waals surface area contributed by atoms with E-state index in [2.05, 4.69) is 15.2 Å². The summed E-state index contributed by atoms with van der Waals surface area (Å²) in [6.45, 7) is 6.41. The van der Waals surface area contributed by atoms with Crippen LogP contribution in [0.15, 0.2) is 23.2 Å². The second-order valence-electron chi connectivity index (χ2n) is 6.73. The van der Waals surface area contributed by atoms with E-state index in [1.165, 1.54) is 0 Å². The van der Waals surface area contributed by atoms with Gasteiger partial charge in [0, 0.05) is 33.3 Å². The molecule has 0 amide bonds. The number of methoxy groups -OCH3 is 1. The van der Waals surface area contributed by atoms with Crippen molar-refractivity contribution in [1.82, 2.24) is 10.2 Å². The molecule has 2 unspecified atom stereocenters. The van der Waals surface area contributed by atoms with E-state index in [0.717, 1.165) is 55.6 Å². The van der Waals surface area contributed by atoms with Crippen molar-refractivity contribution in [3.8, 4) is 11.5 Å². The van der Waals surface area contributed by atoms with Crippen LogP contribution >= 0.6 is 24.0 Å². The molecular formula is C20H32IN3O4. The molecule has 0 radical (unpaired) electrons. The first-order valence-corrected chi connectivity index (χ1v) is 9.73. The highest BCUT2D eigenvalue weighted by Crippen LogP contribution is 2.28. The van der Waals surface area contributed by atoms with E-state index in [9.17, 15) is 0 Å². The molecule has 0 bridgehead atoms. The van der Waals surface area contributed by atoms with Crippen molar-refractivity contribution in [2.75, 3.05) is 47.1 Å². The zero-order chi connectivity index (χ0) is 19.1. The van der Waals surface area contributed by atoms with Crippen LogP contribution in [0.3, 0.4) is 0 Å². The highest BCUT2D eigenvalue weighted by molar-refractivity contribution is 14.0. The van der Waals surface area contributed by atoms with Crippen molar-refractivity contribution < 1.29 is 18.9 Å². The standard InChI is InChI=1S/C20H31N3O4.HI/c1-4-25-18-12-15(7-8-16(18)24-3)13-22-20(21-2)23-9-11-27-19(14-23)17-6-5-10-26-17;/h7-8,12,17,19H,4-6,9-11,13-14H2,1-3H3,(H,21,22);1H. The van der Waals surface area contributed by atoms with Crippen LogP contribution in [0.1, 0.15) is 25.3 Å². The lowest BCUT2D eigenvalue weighted by Crippen LogP contribution is -2.53. The summed E-state index contributed by atoms with van der Waals surface area (Å²) < 4.78 is 22.8. The first-order chi connectivity index (χ1) is 13.2. The predicted molar refractivity (Wildman–Crippen MR) is 120 cm³/mol. The number of rotatable bonds is 6. The lowest BCUT2D eigenvalue weighted by atomic mass is 10.1. The first-order valence-electron chi connectivity index (χ1n) is 9.73. The molecule has 8 heteroatoms. The molecule has 28 heavy (non-hydrogen) atoms. The van der Waals surface area contributed by atoms with Gasteiger partial charge in [-0.15, -0.1) is 24.0 Å². The van der Waals surface area contributed by atoms with Gasteiger partial charge in [0.25, 0.3) is 0 Å². The smallest absolute Gasteiger partial charge is 0.194 e. The Morgan fingerprint density at radius 1 is 1.25 bits per heavy atom. The largest absolute Gasteiger partial charge is 0.493 e. The highest BCUT2D eigenvalue weighted by atomic mass is 127. The van der Waals surface area contributed by atoms with Crippen LogP contribution in [-0.4, -0.2) is 70.1 Å². The lowest BCUT2D eigenvalue weighted by Gasteiger charge is -2.37. The van der Waals surface area contributed by atoms with Gasteiger partial charge in [0.1, 0.15) is 6.10 Å². The van der Waals surface area contributed by atoms with E-state index in [4.69, 9.17) is 18.9 Å². The van der Waals surface area contributed by atoms with Crippen molar-refractivity contribution >= 4 is 29.9 Å². The summed E-state index contributed by atoms with van der Waals surface area (Å²) in [4.78, 5) is 6.71. The number of morpholine rings is 1. The number of nitrogens with zero attached hydrogens (tertiary/aromatic N) is 2. The van der Waals surface area contributed by atoms with Crippen LogP contribution in [0.25, 0.3) is 0 Å². The van der Waals surface area contributed by atoms with Crippen LogP contribution in [0.5, 0.6) is 11.5 Å². The molecular weight excluding hydrogens is 473 g/mol. The zero-order valence-corrected chi connectivity index (χ0v) is 19.3. The molecule has 2 atom stereocenters. The van der Waals surface area contributed by atoms with E-state index in [0.29, 0.717) is 19.8 Å². The van der Waals surface area contributed by atoms with Crippen molar-refractivity contribution in [3.63, 3.8) is 0 Å².